The summed E-state index contributed by atoms with van der Waals surface area (Å²) in [7, 11) is 4.02. The summed E-state index contributed by atoms with van der Waals surface area (Å²) < 4.78 is 60.2. The van der Waals surface area contributed by atoms with E-state index in [1.54, 1.807) is 30.9 Å². The van der Waals surface area contributed by atoms with Crippen LogP contribution in [-0.2, 0) is 53.8 Å². The molecule has 24 nitrogen and oxygen atoms in total. The number of benzene rings is 5. The van der Waals surface area contributed by atoms with Crippen LogP contribution in [0.1, 0.15) is 31.9 Å². The molecule has 0 saturated heterocycles. The molecule has 0 radical (unpaired) electrons. The van der Waals surface area contributed by atoms with Crippen LogP contribution in [0.25, 0.3) is 195 Å². The largest absolute Gasteiger partial charge is 0.419 e. The van der Waals surface area contributed by atoms with E-state index in [1.807, 2.05) is 146 Å². The lowest BCUT2D eigenvalue weighted by atomic mass is 10.2. The zero-order chi connectivity index (χ0) is 87.0. The van der Waals surface area contributed by atoms with Gasteiger partial charge in [-0.05, 0) is 115 Å². The molecular weight excluding hydrogens is 1610 g/mol. The smallest absolute Gasteiger partial charge is 0.344 e. The van der Waals surface area contributed by atoms with Crippen molar-refractivity contribution in [2.45, 2.75) is 32.7 Å². The molecule has 0 aliphatic carbocycles. The highest BCUT2D eigenvalue weighted by molar-refractivity contribution is 7.25. The zero-order valence-corrected chi connectivity index (χ0v) is 69.7. The summed E-state index contributed by atoms with van der Waals surface area (Å²) in [5, 5.41) is 5.41. The van der Waals surface area contributed by atoms with Crippen molar-refractivity contribution in [2.24, 2.45) is 21.1 Å². The number of aryl methyl sites for hydroxylation is 3. The SMILES string of the molecule is Cn1c2ccncc2c2c1n(-c1ccccc1)c1[n+]2Cc2cccnc2-1.[2H]C([2H])([2H])n1c2ccncc2c2c1[n+](C)c1n2Cc2cccnc2-1.c1ccc(-n2c3[n+](c4c5cnccc5n(-c5ccccc5)c42)Cc2cccnc2-3)cc1.c1ccc(-n2c3[n+](c4c5cnccc5oc42)Cc2cccnc2-3)cc1.c1ccc(-n2c3[n+](c4c5cnccc5sc42)Cc2cccnc2-3)cc1. The van der Waals surface area contributed by atoms with Crippen LogP contribution >= 0.6 is 11.3 Å². The van der Waals surface area contributed by atoms with Gasteiger partial charge < -0.3 is 8.98 Å². The summed E-state index contributed by atoms with van der Waals surface area (Å²) in [5.74, 6) is 5.40. The van der Waals surface area contributed by atoms with Gasteiger partial charge in [0.2, 0.25) is 21.4 Å². The summed E-state index contributed by atoms with van der Waals surface area (Å²) in [6.45, 7) is 1.70. The number of rotatable bonds is 5. The van der Waals surface area contributed by atoms with E-state index in [9.17, 15) is 0 Å². The predicted octanol–water partition coefficient (Wildman–Crippen LogP) is 17.1. The van der Waals surface area contributed by atoms with Gasteiger partial charge in [0.25, 0.3) is 22.8 Å². The van der Waals surface area contributed by atoms with Crippen LogP contribution in [0.5, 0.6) is 0 Å². The molecule has 25 aromatic rings. The van der Waals surface area contributed by atoms with Crippen molar-refractivity contribution in [3.8, 4) is 86.0 Å². The summed E-state index contributed by atoms with van der Waals surface area (Å²) >= 11 is 1.82. The third-order valence-electron chi connectivity index (χ3n) is 25.4. The Morgan fingerprint density at radius 3 is 1.26 bits per heavy atom. The molecule has 0 fully saturated rings. The van der Waals surface area contributed by atoms with E-state index in [0.29, 0.717) is 17.7 Å². The summed E-state index contributed by atoms with van der Waals surface area (Å²) in [4.78, 5) is 46.3. The monoisotopic (exact) mass is 1680 g/mol. The van der Waals surface area contributed by atoms with Crippen molar-refractivity contribution in [3.05, 3.63) is 363 Å². The quantitative estimate of drug-likeness (QED) is 0.148. The minimum absolute atomic E-state index is 0.671. The van der Waals surface area contributed by atoms with E-state index in [-0.39, 0.29) is 0 Å². The molecule has 0 amide bonds. The first-order valence-electron chi connectivity index (χ1n) is 43.8. The van der Waals surface area contributed by atoms with Crippen molar-refractivity contribution >= 4 is 120 Å². The lowest BCUT2D eigenvalue weighted by molar-refractivity contribution is -0.645. The number of aromatic nitrogens is 23. The van der Waals surface area contributed by atoms with Crippen LogP contribution in [0.3, 0.4) is 0 Å². The van der Waals surface area contributed by atoms with Gasteiger partial charge in [-0.3, -0.25) is 34.1 Å². The number of hydrogen-bond acceptors (Lipinski definition) is 12. The standard InChI is InChI=1S/C26H18N5.C21H16N5.C20H13N4O.C20H13N4S.C16H14N5/c1-3-9-19(10-4-1)30-22-13-15-27-16-21(22)24-26(30)31(20-11-5-2-6-12-20)25-23-18(17-29(24)25)8-7-14-28-23;1-24-17-9-11-22-12-16(17)19-21(24)26(15-7-3-2-4-8-15)20-18-14(13-25(19)20)6-5-10-23-18;2*1-2-6-14(7-3-1)24-19-17-13(5-4-9-22-17)12-23(19)18-15-11-21-10-8-16(15)25-20(18)24;1-19-12-5-7-17-8-11(12)14-16(19)20(2)15-13-10(9-21(14)15)4-3-6-18-13/h1-16H,17H2;2-12H,13H2,1H3;2*1-11H,12H2;3-8H,9H2,1-2H3/q5*+1/i;;;;1D3. The Bertz CT molecular complexity index is 8790. The molecule has 0 atom stereocenters. The molecule has 0 unspecified atom stereocenters. The van der Waals surface area contributed by atoms with E-state index in [1.165, 1.54) is 80.5 Å². The molecule has 5 aliphatic heterocycles. The van der Waals surface area contributed by atoms with Crippen molar-refractivity contribution in [1.29, 1.82) is 0 Å². The minimum Gasteiger partial charge on any atom is -0.419 e. The fourth-order valence-electron chi connectivity index (χ4n) is 20.2. The van der Waals surface area contributed by atoms with Crippen LogP contribution in [0, 0.1) is 0 Å². The number of thiophene rings is 1. The van der Waals surface area contributed by atoms with E-state index >= 15 is 0 Å². The zero-order valence-electron chi connectivity index (χ0n) is 71.9. The third-order valence-corrected chi connectivity index (χ3v) is 26.6. The first-order chi connectivity index (χ1) is 64.6. The Morgan fingerprint density at radius 2 is 0.727 bits per heavy atom. The highest BCUT2D eigenvalue weighted by Crippen LogP contribution is 2.45. The number of furan rings is 1. The van der Waals surface area contributed by atoms with Gasteiger partial charge in [-0.25, -0.2) is 52.3 Å². The Kier molecular flexibility index (Phi) is 15.5. The maximum Gasteiger partial charge on any atom is 0.344 e. The molecule has 25 heterocycles. The molecule has 25 heteroatoms. The second kappa shape index (κ2) is 28.6. The fraction of sp³-hybridized carbons (Fsp3) is 0.0777. The third kappa shape index (κ3) is 10.7. The number of fused-ring (bicyclic) bond motifs is 35. The average molecular weight is 1680 g/mol. The number of nitrogens with zero attached hydrogens (tertiary/aromatic N) is 23. The normalized spacial score (nSPS) is 13.1. The molecule has 0 saturated carbocycles. The molecule has 608 valence electrons. The minimum atomic E-state index is -2.27. The van der Waals surface area contributed by atoms with Crippen molar-refractivity contribution in [3.63, 3.8) is 0 Å². The predicted molar refractivity (Wildman–Crippen MR) is 493 cm³/mol. The number of pyridine rings is 10. The molecule has 5 aliphatic rings. The van der Waals surface area contributed by atoms with Gasteiger partial charge in [-0.15, -0.1) is 0 Å². The van der Waals surface area contributed by atoms with Crippen LogP contribution in [0.2, 0.25) is 0 Å². The van der Waals surface area contributed by atoms with E-state index in [0.717, 1.165) is 162 Å². The molecule has 5 aromatic carbocycles. The van der Waals surface area contributed by atoms with Gasteiger partial charge in [-0.1, -0.05) is 133 Å². The Morgan fingerprint density at radius 1 is 0.336 bits per heavy atom. The highest BCUT2D eigenvalue weighted by Gasteiger charge is 2.45. The fourth-order valence-corrected chi connectivity index (χ4v) is 21.4. The first-order valence-corrected chi connectivity index (χ1v) is 43.2. The van der Waals surface area contributed by atoms with Gasteiger partial charge in [0.1, 0.15) is 65.7 Å². The molecule has 0 spiro atoms. The van der Waals surface area contributed by atoms with E-state index in [2.05, 4.69) is 279 Å². The lowest BCUT2D eigenvalue weighted by Gasteiger charge is -2.08. The number of para-hydroxylation sites is 5. The molecule has 30 rings (SSSR count). The maximum absolute atomic E-state index is 7.99. The highest BCUT2D eigenvalue weighted by atomic mass is 32.1. The van der Waals surface area contributed by atoms with E-state index < -0.39 is 6.98 Å². The number of hydrogen-bond donors (Lipinski definition) is 0. The second-order valence-corrected chi connectivity index (χ2v) is 33.4. The first kappa shape index (κ1) is 69.6. The summed E-state index contributed by atoms with van der Waals surface area (Å²) in [5.41, 5.74) is 30.1. The maximum atomic E-state index is 7.99. The summed E-state index contributed by atoms with van der Waals surface area (Å²) in [6, 6.07) is 83.0. The van der Waals surface area contributed by atoms with Gasteiger partial charge in [0.05, 0.1) is 62.6 Å². The molecule has 0 N–H and O–H groups in total. The lowest BCUT2D eigenvalue weighted by Crippen LogP contribution is -2.31. The Labute approximate surface area is 736 Å². The number of imidazole rings is 5. The van der Waals surface area contributed by atoms with Gasteiger partial charge >= 0.3 is 29.0 Å². The van der Waals surface area contributed by atoms with Crippen LogP contribution in [0.4, 0.5) is 0 Å². The molecule has 0 bridgehead atoms. The van der Waals surface area contributed by atoms with Crippen LogP contribution in [-0.4, -0.2) is 86.4 Å². The van der Waals surface area contributed by atoms with Crippen LogP contribution in [0.15, 0.2) is 340 Å². The van der Waals surface area contributed by atoms with Gasteiger partial charge in [-0.2, -0.15) is 18.3 Å². The topological polar surface area (TPSA) is 201 Å². The van der Waals surface area contributed by atoms with Gasteiger partial charge in [0, 0.05) is 144 Å². The summed E-state index contributed by atoms with van der Waals surface area (Å²) in [6.07, 6.45) is 27.8. The van der Waals surface area contributed by atoms with Gasteiger partial charge in [0.15, 0.2) is 33.8 Å². The molecule has 20 aromatic heterocycles. The Balaban J connectivity index is 0.0000000863. The van der Waals surface area contributed by atoms with Crippen molar-refractivity contribution in [1.82, 2.24) is 86.4 Å². The second-order valence-electron chi connectivity index (χ2n) is 32.4. The molecule has 128 heavy (non-hydrogen) atoms. The van der Waals surface area contributed by atoms with E-state index in [4.69, 9.17) is 18.5 Å². The van der Waals surface area contributed by atoms with Crippen LogP contribution < -0.4 is 22.8 Å². The Hall–Kier alpha value is -16.9. The molecular formula is C103H74N23OS+5. The average Bonchev–Trinajstić information content (AvgIpc) is 1.51. The van der Waals surface area contributed by atoms with Crippen molar-refractivity contribution < 1.29 is 31.4 Å². The van der Waals surface area contributed by atoms with Crippen molar-refractivity contribution in [2.75, 3.05) is 0 Å².